The second kappa shape index (κ2) is 5.55. The molecular formula is C10H10F3N3O2. The molecule has 98 valence electrons. The van der Waals surface area contributed by atoms with E-state index >= 15 is 0 Å². The molecule has 1 aromatic heterocycles. The fourth-order valence-corrected chi connectivity index (χ4v) is 1.39. The molecule has 0 radical (unpaired) electrons. The first-order chi connectivity index (χ1) is 8.41. The molecule has 0 aliphatic carbocycles. The van der Waals surface area contributed by atoms with Gasteiger partial charge in [0.25, 0.3) is 0 Å². The second-order valence-electron chi connectivity index (χ2n) is 3.19. The van der Waals surface area contributed by atoms with Crippen molar-refractivity contribution in [2.75, 3.05) is 7.11 Å². The largest absolute Gasteiger partial charge is 0.574 e. The van der Waals surface area contributed by atoms with Crippen LogP contribution in [0.25, 0.3) is 0 Å². The van der Waals surface area contributed by atoms with Crippen molar-refractivity contribution in [1.29, 1.82) is 5.26 Å². The second-order valence-corrected chi connectivity index (χ2v) is 3.19. The van der Waals surface area contributed by atoms with Crippen molar-refractivity contribution in [3.63, 3.8) is 0 Å². The average molecular weight is 261 g/mol. The molecule has 0 amide bonds. The summed E-state index contributed by atoms with van der Waals surface area (Å²) in [6.45, 7) is -0.128. The van der Waals surface area contributed by atoms with E-state index in [1.807, 2.05) is 6.07 Å². The topological polar surface area (TPSA) is 81.2 Å². The Morgan fingerprint density at radius 1 is 1.50 bits per heavy atom. The molecule has 5 nitrogen and oxygen atoms in total. The van der Waals surface area contributed by atoms with Crippen molar-refractivity contribution in [2.45, 2.75) is 19.3 Å². The van der Waals surface area contributed by atoms with Gasteiger partial charge >= 0.3 is 6.36 Å². The Labute approximate surface area is 101 Å². The Balaban J connectivity index is 3.23. The quantitative estimate of drug-likeness (QED) is 0.888. The Morgan fingerprint density at radius 3 is 2.61 bits per heavy atom. The smallest absolute Gasteiger partial charge is 0.494 e. The first kappa shape index (κ1) is 14.1. The van der Waals surface area contributed by atoms with Gasteiger partial charge in [-0.1, -0.05) is 0 Å². The van der Waals surface area contributed by atoms with Crippen LogP contribution in [-0.4, -0.2) is 18.5 Å². The molecule has 18 heavy (non-hydrogen) atoms. The molecule has 0 aliphatic rings. The van der Waals surface area contributed by atoms with E-state index in [-0.39, 0.29) is 30.0 Å². The van der Waals surface area contributed by atoms with Crippen LogP contribution in [0.3, 0.4) is 0 Å². The van der Waals surface area contributed by atoms with Gasteiger partial charge < -0.3 is 15.2 Å². The lowest BCUT2D eigenvalue weighted by molar-refractivity contribution is -0.276. The predicted molar refractivity (Wildman–Crippen MR) is 54.7 cm³/mol. The van der Waals surface area contributed by atoms with Gasteiger partial charge in [-0.3, -0.25) is 0 Å². The maximum atomic E-state index is 12.1. The van der Waals surface area contributed by atoms with Crippen LogP contribution < -0.4 is 15.2 Å². The summed E-state index contributed by atoms with van der Waals surface area (Å²) >= 11 is 0. The van der Waals surface area contributed by atoms with Crippen LogP contribution in [0.15, 0.2) is 6.07 Å². The summed E-state index contributed by atoms with van der Waals surface area (Å²) in [6.07, 6.45) is -4.98. The van der Waals surface area contributed by atoms with Gasteiger partial charge in [0.05, 0.1) is 19.6 Å². The minimum Gasteiger partial charge on any atom is -0.494 e. The number of halogens is 3. The molecule has 0 aliphatic heterocycles. The Kier molecular flexibility index (Phi) is 4.33. The van der Waals surface area contributed by atoms with Gasteiger partial charge in [0.2, 0.25) is 5.88 Å². The predicted octanol–water partition coefficient (Wildman–Crippen LogP) is 1.51. The Bertz CT molecular complexity index is 469. The van der Waals surface area contributed by atoms with Crippen molar-refractivity contribution in [3.8, 4) is 17.7 Å². The molecule has 0 bridgehead atoms. The molecule has 1 rings (SSSR count). The number of nitrogens with two attached hydrogens (primary N) is 1. The van der Waals surface area contributed by atoms with Gasteiger partial charge in [0.1, 0.15) is 11.4 Å². The number of rotatable bonds is 4. The highest BCUT2D eigenvalue weighted by molar-refractivity contribution is 5.42. The lowest BCUT2D eigenvalue weighted by atomic mass is 10.1. The SMILES string of the molecule is COc1c(CC#N)cc(OC(F)(F)F)nc1CN. The summed E-state index contributed by atoms with van der Waals surface area (Å²) in [5, 5.41) is 8.61. The lowest BCUT2D eigenvalue weighted by Crippen LogP contribution is -2.19. The van der Waals surface area contributed by atoms with Gasteiger partial charge in [-0.05, 0) is 0 Å². The number of hydrogen-bond acceptors (Lipinski definition) is 5. The lowest BCUT2D eigenvalue weighted by Gasteiger charge is -2.14. The fraction of sp³-hybridized carbons (Fsp3) is 0.400. The molecule has 0 fully saturated rings. The Morgan fingerprint density at radius 2 is 2.17 bits per heavy atom. The first-order valence-corrected chi connectivity index (χ1v) is 4.80. The van der Waals surface area contributed by atoms with Crippen LogP contribution in [0.4, 0.5) is 13.2 Å². The summed E-state index contributed by atoms with van der Waals surface area (Å²) in [5.41, 5.74) is 5.71. The number of pyridine rings is 1. The van der Waals surface area contributed by atoms with Crippen molar-refractivity contribution in [2.24, 2.45) is 5.73 Å². The number of nitrogens with zero attached hydrogens (tertiary/aromatic N) is 2. The normalized spacial score (nSPS) is 10.9. The standard InChI is InChI=1S/C10H10F3N3O2/c1-17-9-6(2-3-14)4-8(16-7(9)5-15)18-10(11,12)13/h4H,2,5,15H2,1H3. The molecule has 0 saturated heterocycles. The summed E-state index contributed by atoms with van der Waals surface area (Å²) in [4.78, 5) is 3.59. The van der Waals surface area contributed by atoms with E-state index in [0.29, 0.717) is 0 Å². The van der Waals surface area contributed by atoms with E-state index in [2.05, 4.69) is 9.72 Å². The summed E-state index contributed by atoms with van der Waals surface area (Å²) in [7, 11) is 1.32. The fourth-order valence-electron chi connectivity index (χ4n) is 1.39. The first-order valence-electron chi connectivity index (χ1n) is 4.80. The van der Waals surface area contributed by atoms with Crippen LogP contribution in [0.1, 0.15) is 11.3 Å². The molecule has 1 aromatic rings. The monoisotopic (exact) mass is 261 g/mol. The van der Waals surface area contributed by atoms with Crippen LogP contribution in [0, 0.1) is 11.3 Å². The minimum absolute atomic E-state index is 0.101. The zero-order valence-electron chi connectivity index (χ0n) is 9.41. The van der Waals surface area contributed by atoms with Crippen molar-refractivity contribution >= 4 is 0 Å². The van der Waals surface area contributed by atoms with Crippen molar-refractivity contribution < 1.29 is 22.6 Å². The summed E-state index contributed by atoms with van der Waals surface area (Å²) in [6, 6.07) is 2.82. The van der Waals surface area contributed by atoms with E-state index in [9.17, 15) is 13.2 Å². The van der Waals surface area contributed by atoms with E-state index in [1.165, 1.54) is 7.11 Å². The summed E-state index contributed by atoms with van der Waals surface area (Å²) < 4.78 is 44.9. The van der Waals surface area contributed by atoms with E-state index < -0.39 is 12.2 Å². The highest BCUT2D eigenvalue weighted by atomic mass is 19.4. The van der Waals surface area contributed by atoms with Crippen LogP contribution in [0.5, 0.6) is 11.6 Å². The van der Waals surface area contributed by atoms with Gasteiger partial charge in [-0.15, -0.1) is 13.2 Å². The van der Waals surface area contributed by atoms with Crippen LogP contribution >= 0.6 is 0 Å². The van der Waals surface area contributed by atoms with Gasteiger partial charge in [-0.2, -0.15) is 5.26 Å². The van der Waals surface area contributed by atoms with Crippen LogP contribution in [-0.2, 0) is 13.0 Å². The van der Waals surface area contributed by atoms with Crippen LogP contribution in [0.2, 0.25) is 0 Å². The number of methoxy groups -OCH3 is 1. The van der Waals surface area contributed by atoms with E-state index in [1.54, 1.807) is 0 Å². The van der Waals surface area contributed by atoms with Crippen molar-refractivity contribution in [1.82, 2.24) is 4.98 Å². The molecule has 0 unspecified atom stereocenters. The van der Waals surface area contributed by atoms with Gasteiger partial charge in [0.15, 0.2) is 0 Å². The maximum absolute atomic E-state index is 12.1. The molecule has 0 spiro atoms. The molecule has 1 heterocycles. The van der Waals surface area contributed by atoms with Gasteiger partial charge in [-0.25, -0.2) is 4.98 Å². The molecule has 0 aromatic carbocycles. The third-order valence-electron chi connectivity index (χ3n) is 1.98. The highest BCUT2D eigenvalue weighted by Crippen LogP contribution is 2.29. The van der Waals surface area contributed by atoms with E-state index in [4.69, 9.17) is 15.7 Å². The third kappa shape index (κ3) is 3.49. The molecule has 0 saturated carbocycles. The zero-order chi connectivity index (χ0) is 13.8. The molecule has 8 heteroatoms. The number of ether oxygens (including phenoxy) is 2. The molecular weight excluding hydrogens is 251 g/mol. The zero-order valence-corrected chi connectivity index (χ0v) is 9.41. The molecule has 2 N–H and O–H groups in total. The minimum atomic E-state index is -4.85. The molecule has 0 atom stereocenters. The Hall–Kier alpha value is -2.01. The van der Waals surface area contributed by atoms with Crippen molar-refractivity contribution in [3.05, 3.63) is 17.3 Å². The number of nitriles is 1. The third-order valence-corrected chi connectivity index (χ3v) is 1.98. The maximum Gasteiger partial charge on any atom is 0.574 e. The number of aromatic nitrogens is 1. The number of alkyl halides is 3. The number of hydrogen-bond donors (Lipinski definition) is 1. The van der Waals surface area contributed by atoms with Gasteiger partial charge in [0, 0.05) is 18.2 Å². The van der Waals surface area contributed by atoms with E-state index in [0.717, 1.165) is 6.07 Å². The summed E-state index contributed by atoms with van der Waals surface area (Å²) in [5.74, 6) is -0.456. The average Bonchev–Trinajstić information content (AvgIpc) is 2.26. The highest BCUT2D eigenvalue weighted by Gasteiger charge is 2.32.